The van der Waals surface area contributed by atoms with E-state index < -0.39 is 0 Å². The minimum Gasteiger partial charge on any atom is -0.0839 e. The molecule has 1 rings (SSSR count). The molecular formula is C18H25Br. The Balaban J connectivity index is 2.65. The van der Waals surface area contributed by atoms with E-state index in [1.807, 2.05) is 0 Å². The maximum Gasteiger partial charge on any atom is 0.0248 e. The molecule has 0 nitrogen and oxygen atoms in total. The van der Waals surface area contributed by atoms with Gasteiger partial charge < -0.3 is 0 Å². The molecule has 0 spiro atoms. The van der Waals surface area contributed by atoms with Crippen LogP contribution in [0.25, 0.3) is 12.2 Å². The number of unbranched alkanes of at least 4 members (excludes halogenated alkanes) is 4. The molecule has 0 atom stereocenters. The zero-order valence-corrected chi connectivity index (χ0v) is 13.7. The van der Waals surface area contributed by atoms with Gasteiger partial charge in [-0.2, -0.15) is 0 Å². The Kier molecular flexibility index (Phi) is 8.57. The van der Waals surface area contributed by atoms with Crippen LogP contribution in [0, 0.1) is 0 Å². The van der Waals surface area contributed by atoms with Gasteiger partial charge in [-0.25, -0.2) is 0 Å². The smallest absolute Gasteiger partial charge is 0.0248 e. The molecule has 0 bridgehead atoms. The SMILES string of the molecule is CCCC/C=C/c1ccc(Br)c(/C=C/CCCC)c1. The molecule has 0 aliphatic carbocycles. The van der Waals surface area contributed by atoms with Crippen LogP contribution in [0.2, 0.25) is 0 Å². The van der Waals surface area contributed by atoms with Crippen molar-refractivity contribution in [2.24, 2.45) is 0 Å². The van der Waals surface area contributed by atoms with Gasteiger partial charge in [0.15, 0.2) is 0 Å². The maximum absolute atomic E-state index is 3.62. The summed E-state index contributed by atoms with van der Waals surface area (Å²) < 4.78 is 1.17. The fourth-order valence-electron chi connectivity index (χ4n) is 1.87. The summed E-state index contributed by atoms with van der Waals surface area (Å²) >= 11 is 3.62. The first-order valence-corrected chi connectivity index (χ1v) is 8.19. The summed E-state index contributed by atoms with van der Waals surface area (Å²) in [7, 11) is 0. The molecule has 0 aromatic heterocycles. The van der Waals surface area contributed by atoms with Crippen LogP contribution in [0.1, 0.15) is 63.5 Å². The quantitative estimate of drug-likeness (QED) is 0.459. The largest absolute Gasteiger partial charge is 0.0839 e. The Bertz CT molecular complexity index is 416. The summed E-state index contributed by atoms with van der Waals surface area (Å²) in [6, 6.07) is 6.55. The van der Waals surface area contributed by atoms with Crippen molar-refractivity contribution in [2.45, 2.75) is 52.4 Å². The number of hydrogen-bond donors (Lipinski definition) is 0. The molecule has 0 aliphatic rings. The highest BCUT2D eigenvalue weighted by atomic mass is 79.9. The molecule has 0 amide bonds. The van der Waals surface area contributed by atoms with Crippen LogP contribution in [0.15, 0.2) is 34.8 Å². The molecule has 1 aromatic carbocycles. The minimum absolute atomic E-state index is 1.17. The van der Waals surface area contributed by atoms with Crippen LogP contribution in [0.4, 0.5) is 0 Å². The Hall–Kier alpha value is -0.820. The molecule has 0 saturated heterocycles. The second kappa shape index (κ2) is 10.0. The lowest BCUT2D eigenvalue weighted by Gasteiger charge is -2.01. The average molecular weight is 321 g/mol. The molecule has 0 saturated carbocycles. The summed E-state index contributed by atoms with van der Waals surface area (Å²) in [5.41, 5.74) is 2.56. The maximum atomic E-state index is 3.62. The van der Waals surface area contributed by atoms with Gasteiger partial charge in [0.2, 0.25) is 0 Å². The number of hydrogen-bond acceptors (Lipinski definition) is 0. The second-order valence-electron chi connectivity index (χ2n) is 4.87. The molecule has 0 heterocycles. The second-order valence-corrected chi connectivity index (χ2v) is 5.72. The van der Waals surface area contributed by atoms with Gasteiger partial charge in [0.05, 0.1) is 0 Å². The van der Waals surface area contributed by atoms with Crippen LogP contribution < -0.4 is 0 Å². The predicted molar refractivity (Wildman–Crippen MR) is 91.3 cm³/mol. The summed E-state index contributed by atoms with van der Waals surface area (Å²) in [6.07, 6.45) is 16.4. The van der Waals surface area contributed by atoms with Crippen molar-refractivity contribution in [2.75, 3.05) is 0 Å². The first-order chi connectivity index (χ1) is 9.27. The van der Waals surface area contributed by atoms with Crippen LogP contribution >= 0.6 is 15.9 Å². The molecule has 0 radical (unpaired) electrons. The summed E-state index contributed by atoms with van der Waals surface area (Å²) in [6.45, 7) is 4.46. The zero-order valence-electron chi connectivity index (χ0n) is 12.2. The summed E-state index contributed by atoms with van der Waals surface area (Å²) in [4.78, 5) is 0. The first-order valence-electron chi connectivity index (χ1n) is 7.40. The molecule has 0 unspecified atom stereocenters. The highest BCUT2D eigenvalue weighted by Gasteiger charge is 1.96. The molecule has 104 valence electrons. The highest BCUT2D eigenvalue weighted by Crippen LogP contribution is 2.21. The van der Waals surface area contributed by atoms with E-state index in [2.05, 4.69) is 72.3 Å². The third-order valence-electron chi connectivity index (χ3n) is 3.08. The Morgan fingerprint density at radius 1 is 0.947 bits per heavy atom. The molecule has 1 heteroatoms. The molecule has 0 aliphatic heterocycles. The fourth-order valence-corrected chi connectivity index (χ4v) is 2.25. The van der Waals surface area contributed by atoms with Crippen molar-refractivity contribution in [3.8, 4) is 0 Å². The predicted octanol–water partition coefficient (Wildman–Crippen LogP) is 6.86. The number of rotatable bonds is 8. The van der Waals surface area contributed by atoms with Gasteiger partial charge in [-0.05, 0) is 36.1 Å². The van der Waals surface area contributed by atoms with Gasteiger partial charge in [0.1, 0.15) is 0 Å². The number of allylic oxidation sites excluding steroid dienone is 2. The molecule has 19 heavy (non-hydrogen) atoms. The number of halogens is 1. The third kappa shape index (κ3) is 6.77. The van der Waals surface area contributed by atoms with Gasteiger partial charge in [-0.3, -0.25) is 0 Å². The molecular weight excluding hydrogens is 296 g/mol. The third-order valence-corrected chi connectivity index (χ3v) is 3.80. The topological polar surface area (TPSA) is 0 Å². The van der Waals surface area contributed by atoms with Crippen LogP contribution in [0.5, 0.6) is 0 Å². The van der Waals surface area contributed by atoms with Crippen molar-refractivity contribution in [3.05, 3.63) is 46.0 Å². The highest BCUT2D eigenvalue weighted by molar-refractivity contribution is 9.10. The standard InChI is InChI=1S/C18H25Br/c1-3-5-7-9-11-16-13-14-18(19)17(15-16)12-10-8-6-4-2/h9-15H,3-8H2,1-2H3/b11-9+,12-10+. The molecule has 1 aromatic rings. The lowest BCUT2D eigenvalue weighted by molar-refractivity contribution is 0.816. The van der Waals surface area contributed by atoms with E-state index in [0.29, 0.717) is 0 Å². The first kappa shape index (κ1) is 16.2. The van der Waals surface area contributed by atoms with Crippen LogP contribution in [-0.2, 0) is 0 Å². The van der Waals surface area contributed by atoms with Crippen molar-refractivity contribution in [1.29, 1.82) is 0 Å². The van der Waals surface area contributed by atoms with E-state index in [1.54, 1.807) is 0 Å². The van der Waals surface area contributed by atoms with Crippen molar-refractivity contribution < 1.29 is 0 Å². The van der Waals surface area contributed by atoms with Crippen molar-refractivity contribution in [1.82, 2.24) is 0 Å². The van der Waals surface area contributed by atoms with E-state index in [1.165, 1.54) is 54.1 Å². The minimum atomic E-state index is 1.17. The molecule has 0 fully saturated rings. The van der Waals surface area contributed by atoms with Gasteiger partial charge >= 0.3 is 0 Å². The Labute approximate surface area is 126 Å². The summed E-state index contributed by atoms with van der Waals surface area (Å²) in [5.74, 6) is 0. The number of benzene rings is 1. The van der Waals surface area contributed by atoms with Gasteiger partial charge in [-0.1, -0.05) is 85.8 Å². The van der Waals surface area contributed by atoms with E-state index >= 15 is 0 Å². The van der Waals surface area contributed by atoms with E-state index in [9.17, 15) is 0 Å². The van der Waals surface area contributed by atoms with E-state index in [0.717, 1.165) is 0 Å². The van der Waals surface area contributed by atoms with Crippen molar-refractivity contribution in [3.63, 3.8) is 0 Å². The fraction of sp³-hybridized carbons (Fsp3) is 0.444. The Morgan fingerprint density at radius 3 is 2.21 bits per heavy atom. The molecule has 0 N–H and O–H groups in total. The van der Waals surface area contributed by atoms with Crippen LogP contribution in [0.3, 0.4) is 0 Å². The zero-order chi connectivity index (χ0) is 13.9. The van der Waals surface area contributed by atoms with Gasteiger partial charge in [0, 0.05) is 4.47 Å². The van der Waals surface area contributed by atoms with Gasteiger partial charge in [0.25, 0.3) is 0 Å². The lowest BCUT2D eigenvalue weighted by atomic mass is 10.1. The summed E-state index contributed by atoms with van der Waals surface area (Å²) in [5, 5.41) is 0. The average Bonchev–Trinajstić information content (AvgIpc) is 2.42. The van der Waals surface area contributed by atoms with Gasteiger partial charge in [-0.15, -0.1) is 0 Å². The van der Waals surface area contributed by atoms with E-state index in [4.69, 9.17) is 0 Å². The Morgan fingerprint density at radius 2 is 1.58 bits per heavy atom. The lowest BCUT2D eigenvalue weighted by Crippen LogP contribution is -1.79. The van der Waals surface area contributed by atoms with Crippen molar-refractivity contribution >= 4 is 28.1 Å². The normalized spacial score (nSPS) is 11.7. The van der Waals surface area contributed by atoms with E-state index in [-0.39, 0.29) is 0 Å². The van der Waals surface area contributed by atoms with Crippen LogP contribution in [-0.4, -0.2) is 0 Å². The monoisotopic (exact) mass is 320 g/mol.